The third kappa shape index (κ3) is 5.05. The van der Waals surface area contributed by atoms with Gasteiger partial charge in [0.05, 0.1) is 29.3 Å². The number of thiophene rings is 1. The van der Waals surface area contributed by atoms with Gasteiger partial charge in [-0.05, 0) is 49.3 Å². The normalized spacial score (nSPS) is 10.7. The second kappa shape index (κ2) is 9.08. The van der Waals surface area contributed by atoms with Gasteiger partial charge in [0.2, 0.25) is 5.95 Å². The molecule has 0 radical (unpaired) electrons. The Morgan fingerprint density at radius 2 is 2.03 bits per heavy atom. The first-order chi connectivity index (χ1) is 13.8. The third-order valence-electron chi connectivity index (χ3n) is 4.09. The summed E-state index contributed by atoms with van der Waals surface area (Å²) in [5.41, 5.74) is 2.26. The molecule has 0 aliphatic heterocycles. The van der Waals surface area contributed by atoms with Crippen LogP contribution in [0, 0.1) is 13.8 Å². The highest BCUT2D eigenvalue weighted by Crippen LogP contribution is 2.33. The highest BCUT2D eigenvalue weighted by atomic mass is 35.5. The van der Waals surface area contributed by atoms with E-state index in [2.05, 4.69) is 20.7 Å². The van der Waals surface area contributed by atoms with Crippen LogP contribution in [0.15, 0.2) is 24.5 Å². The summed E-state index contributed by atoms with van der Waals surface area (Å²) in [5, 5.41) is 12.1. The summed E-state index contributed by atoms with van der Waals surface area (Å²) < 4.78 is 6.51. The molecule has 0 saturated heterocycles. The summed E-state index contributed by atoms with van der Waals surface area (Å²) in [6.45, 7) is 4.27. The fourth-order valence-electron chi connectivity index (χ4n) is 2.55. The Bertz CT molecular complexity index is 1080. The molecule has 2 heterocycles. The molecule has 0 aliphatic rings. The molecule has 11 heteroatoms. The fraction of sp³-hybridized carbons (Fsp3) is 0.222. The Morgan fingerprint density at radius 1 is 1.28 bits per heavy atom. The number of carbonyl (C=O) groups excluding carboxylic acids is 1. The average Bonchev–Trinajstić information content (AvgIpc) is 3.21. The quantitative estimate of drug-likeness (QED) is 0.405. The molecule has 0 saturated carbocycles. The number of benzene rings is 1. The molecule has 2 N–H and O–H groups in total. The van der Waals surface area contributed by atoms with Crippen LogP contribution in [-0.4, -0.2) is 33.0 Å². The van der Waals surface area contributed by atoms with Crippen LogP contribution in [0.3, 0.4) is 0 Å². The molecule has 0 unspecified atom stereocenters. The maximum absolute atomic E-state index is 12.1. The molecule has 29 heavy (non-hydrogen) atoms. The number of nitrogens with zero attached hydrogens (tertiary/aromatic N) is 3. The Kier molecular flexibility index (Phi) is 6.74. The number of aryl methyl sites for hydroxylation is 1. The second-order valence-corrected chi connectivity index (χ2v) is 8.52. The Morgan fingerprint density at radius 3 is 2.72 bits per heavy atom. The molecular formula is C18H17Cl2N5O2S2. The summed E-state index contributed by atoms with van der Waals surface area (Å²) in [5.74, 6) is -0.0895. The smallest absolute Gasteiger partial charge is 0.341 e. The molecule has 3 rings (SSSR count). The number of hydrogen-bond acceptors (Lipinski definition) is 6. The minimum atomic E-state index is -0.416. The van der Waals surface area contributed by atoms with Gasteiger partial charge in [-0.15, -0.1) is 16.4 Å². The van der Waals surface area contributed by atoms with E-state index in [1.54, 1.807) is 23.1 Å². The molecule has 0 atom stereocenters. The third-order valence-corrected chi connectivity index (χ3v) is 6.16. The number of halogens is 2. The lowest BCUT2D eigenvalue weighted by molar-refractivity contribution is 0.0601. The molecule has 0 spiro atoms. The summed E-state index contributed by atoms with van der Waals surface area (Å²) in [7, 11) is 1.35. The first-order valence-electron chi connectivity index (χ1n) is 8.38. The maximum atomic E-state index is 12.1. The lowest BCUT2D eigenvalue weighted by Crippen LogP contribution is -2.21. The van der Waals surface area contributed by atoms with E-state index in [9.17, 15) is 4.79 Å². The van der Waals surface area contributed by atoms with Crippen molar-refractivity contribution in [2.24, 2.45) is 0 Å². The van der Waals surface area contributed by atoms with Crippen LogP contribution in [0.1, 0.15) is 26.4 Å². The van der Waals surface area contributed by atoms with E-state index >= 15 is 0 Å². The number of carbonyl (C=O) groups is 1. The van der Waals surface area contributed by atoms with Crippen molar-refractivity contribution in [1.82, 2.24) is 14.8 Å². The summed E-state index contributed by atoms with van der Waals surface area (Å²) in [6, 6.07) is 5.38. The van der Waals surface area contributed by atoms with Gasteiger partial charge < -0.3 is 10.1 Å². The zero-order chi connectivity index (χ0) is 21.1. The molecule has 0 aliphatic carbocycles. The van der Waals surface area contributed by atoms with Crippen molar-refractivity contribution in [2.75, 3.05) is 17.7 Å². The lowest BCUT2D eigenvalue weighted by atomic mass is 10.1. The largest absolute Gasteiger partial charge is 0.465 e. The van der Waals surface area contributed by atoms with Gasteiger partial charge in [-0.3, -0.25) is 5.32 Å². The average molecular weight is 470 g/mol. The topological polar surface area (TPSA) is 81.1 Å². The van der Waals surface area contributed by atoms with E-state index in [0.717, 1.165) is 16.0 Å². The predicted molar refractivity (Wildman–Crippen MR) is 121 cm³/mol. The van der Waals surface area contributed by atoms with Gasteiger partial charge in [-0.1, -0.05) is 29.3 Å². The minimum absolute atomic E-state index is 0.267. The van der Waals surface area contributed by atoms with Gasteiger partial charge in [0.1, 0.15) is 11.3 Å². The van der Waals surface area contributed by atoms with Gasteiger partial charge in [0, 0.05) is 4.88 Å². The van der Waals surface area contributed by atoms with Crippen LogP contribution in [0.4, 0.5) is 10.9 Å². The number of hydrogen-bond donors (Lipinski definition) is 2. The Hall–Kier alpha value is -2.20. The van der Waals surface area contributed by atoms with Crippen molar-refractivity contribution < 1.29 is 9.53 Å². The maximum Gasteiger partial charge on any atom is 0.341 e. The molecule has 7 nitrogen and oxygen atoms in total. The van der Waals surface area contributed by atoms with Crippen molar-refractivity contribution in [3.8, 4) is 0 Å². The lowest BCUT2D eigenvalue weighted by Gasteiger charge is -2.08. The van der Waals surface area contributed by atoms with E-state index in [1.807, 2.05) is 19.9 Å². The zero-order valence-corrected chi connectivity index (χ0v) is 18.9. The Balaban J connectivity index is 1.67. The number of methoxy groups -OCH3 is 1. The van der Waals surface area contributed by atoms with Crippen molar-refractivity contribution >= 4 is 68.8 Å². The van der Waals surface area contributed by atoms with Crippen LogP contribution in [0.25, 0.3) is 0 Å². The summed E-state index contributed by atoms with van der Waals surface area (Å²) in [4.78, 5) is 17.3. The number of anilines is 2. The van der Waals surface area contributed by atoms with Crippen molar-refractivity contribution in [3.63, 3.8) is 0 Å². The highest BCUT2D eigenvalue weighted by Gasteiger charge is 2.21. The Labute approximate surface area is 187 Å². The number of ether oxygens (including phenoxy) is 1. The highest BCUT2D eigenvalue weighted by molar-refractivity contribution is 7.80. The van der Waals surface area contributed by atoms with Crippen LogP contribution in [-0.2, 0) is 11.3 Å². The van der Waals surface area contributed by atoms with Crippen molar-refractivity contribution in [2.45, 2.75) is 20.4 Å². The number of rotatable bonds is 5. The fourth-order valence-corrected chi connectivity index (χ4v) is 4.18. The molecule has 1 aromatic carbocycles. The van der Waals surface area contributed by atoms with Crippen LogP contribution >= 0.6 is 46.8 Å². The van der Waals surface area contributed by atoms with Crippen LogP contribution < -0.4 is 10.6 Å². The molecule has 2 aromatic heterocycles. The number of nitrogens with one attached hydrogen (secondary N) is 2. The number of thiocarbonyl (C=S) groups is 1. The molecular weight excluding hydrogens is 453 g/mol. The van der Waals surface area contributed by atoms with Crippen molar-refractivity contribution in [1.29, 1.82) is 0 Å². The van der Waals surface area contributed by atoms with Gasteiger partial charge in [0.15, 0.2) is 5.11 Å². The van der Waals surface area contributed by atoms with E-state index in [1.165, 1.54) is 18.4 Å². The molecule has 0 amide bonds. The minimum Gasteiger partial charge on any atom is -0.465 e. The molecule has 3 aromatic rings. The van der Waals surface area contributed by atoms with Crippen molar-refractivity contribution in [3.05, 3.63) is 56.1 Å². The summed E-state index contributed by atoms with van der Waals surface area (Å²) >= 11 is 18.7. The SMILES string of the molecule is COC(=O)c1c(NC(=S)Nc2ncn(Cc3ccc(Cl)c(Cl)c3)n2)sc(C)c1C. The van der Waals surface area contributed by atoms with Gasteiger partial charge >= 0.3 is 5.97 Å². The van der Waals surface area contributed by atoms with Gasteiger partial charge in [-0.2, -0.15) is 0 Å². The number of aromatic nitrogens is 3. The van der Waals surface area contributed by atoms with Gasteiger partial charge in [0.25, 0.3) is 0 Å². The molecule has 0 bridgehead atoms. The molecule has 152 valence electrons. The second-order valence-electron chi connectivity index (χ2n) is 6.07. The van der Waals surface area contributed by atoms with Crippen LogP contribution in [0.5, 0.6) is 0 Å². The summed E-state index contributed by atoms with van der Waals surface area (Å²) in [6.07, 6.45) is 1.58. The van der Waals surface area contributed by atoms with Gasteiger partial charge in [-0.25, -0.2) is 14.5 Å². The zero-order valence-electron chi connectivity index (χ0n) is 15.7. The predicted octanol–water partition coefficient (Wildman–Crippen LogP) is 4.91. The molecule has 0 fully saturated rings. The first kappa shape index (κ1) is 21.5. The monoisotopic (exact) mass is 469 g/mol. The van der Waals surface area contributed by atoms with E-state index in [0.29, 0.717) is 33.1 Å². The first-order valence-corrected chi connectivity index (χ1v) is 10.4. The standard InChI is InChI=1S/C18H17Cl2N5O2S2/c1-9-10(2)29-15(14(9)16(26)27-3)22-18(28)23-17-21-8-25(24-17)7-11-4-5-12(19)13(20)6-11/h4-6,8H,7H2,1-3H3,(H2,22,23,24,28). The number of esters is 1. The van der Waals surface area contributed by atoms with E-state index < -0.39 is 5.97 Å². The van der Waals surface area contributed by atoms with E-state index in [4.69, 9.17) is 40.2 Å². The van der Waals surface area contributed by atoms with Crippen LogP contribution in [0.2, 0.25) is 10.0 Å². The van der Waals surface area contributed by atoms with E-state index in [-0.39, 0.29) is 5.11 Å².